The minimum Gasteiger partial charge on any atom is -0.479 e. The molecule has 0 aromatic rings. The highest BCUT2D eigenvalue weighted by Gasteiger charge is 2.39. The van der Waals surface area contributed by atoms with Crippen molar-refractivity contribution in [3.05, 3.63) is 12.3 Å². The molecule has 0 amide bonds. The van der Waals surface area contributed by atoms with Gasteiger partial charge in [0.1, 0.15) is 12.2 Å². The Morgan fingerprint density at radius 2 is 1.34 bits per heavy atom. The van der Waals surface area contributed by atoms with Gasteiger partial charge < -0.3 is 25.5 Å². The van der Waals surface area contributed by atoms with E-state index in [4.69, 9.17) is 15.1 Å². The highest BCUT2D eigenvalue weighted by Crippen LogP contribution is 2.11. The number of nitrogens with one attached hydrogen (secondary N) is 1. The number of rotatable bonds is 19. The molecule has 0 fully saturated rings. The minimum atomic E-state index is -2.33. The maximum Gasteiger partial charge on any atom is 0.338 e. The fourth-order valence-corrected chi connectivity index (χ4v) is 2.77. The Morgan fingerprint density at radius 1 is 0.828 bits per heavy atom. The van der Waals surface area contributed by atoms with Crippen LogP contribution in [0.3, 0.4) is 0 Å². The quantitative estimate of drug-likeness (QED) is 0.136. The molecule has 0 saturated carbocycles. The molecule has 0 heterocycles. The van der Waals surface area contributed by atoms with E-state index in [1.165, 1.54) is 57.6 Å². The second-order valence-corrected chi connectivity index (χ2v) is 7.13. The molecule has 0 aliphatic rings. The number of unbranched alkanes of at least 4 members (excludes halogenated alkanes) is 10. The number of carbonyl (C=O) groups is 2. The second-order valence-electron chi connectivity index (χ2n) is 7.13. The molecule has 0 aliphatic heterocycles. The smallest absolute Gasteiger partial charge is 0.338 e. The van der Waals surface area contributed by atoms with Gasteiger partial charge in [-0.3, -0.25) is 10.3 Å². The molecule has 170 valence electrons. The maximum atomic E-state index is 11.1. The van der Waals surface area contributed by atoms with Crippen molar-refractivity contribution >= 4 is 11.9 Å². The van der Waals surface area contributed by atoms with Crippen LogP contribution in [-0.2, 0) is 14.4 Å². The summed E-state index contributed by atoms with van der Waals surface area (Å²) in [5.74, 6) is -3.41. The number of hydrogen-bond acceptors (Lipinski definition) is 7. The fourth-order valence-electron chi connectivity index (χ4n) is 2.77. The molecule has 9 heteroatoms. The first-order chi connectivity index (χ1) is 13.8. The van der Waals surface area contributed by atoms with E-state index in [1.807, 2.05) is 0 Å². The van der Waals surface area contributed by atoms with E-state index >= 15 is 0 Å². The summed E-state index contributed by atoms with van der Waals surface area (Å²) < 4.78 is 0. The van der Waals surface area contributed by atoms with Gasteiger partial charge in [0, 0.05) is 6.20 Å². The molecule has 4 atom stereocenters. The number of aliphatic hydroxyl groups is 3. The lowest BCUT2D eigenvalue weighted by molar-refractivity contribution is -0.184. The molecule has 6 N–H and O–H groups in total. The van der Waals surface area contributed by atoms with Gasteiger partial charge in [-0.1, -0.05) is 70.8 Å². The molecule has 0 unspecified atom stereocenters. The first-order valence-corrected chi connectivity index (χ1v) is 10.4. The summed E-state index contributed by atoms with van der Waals surface area (Å²) >= 11 is 0. The molecule has 0 aromatic carbocycles. The van der Waals surface area contributed by atoms with Crippen molar-refractivity contribution in [1.82, 2.24) is 5.48 Å². The third kappa shape index (κ3) is 13.2. The molecular formula is C20H37NO8. The van der Waals surface area contributed by atoms with E-state index in [2.05, 4.69) is 12.4 Å². The van der Waals surface area contributed by atoms with Crippen LogP contribution in [0.1, 0.15) is 77.6 Å². The van der Waals surface area contributed by atoms with E-state index in [0.29, 0.717) is 0 Å². The Balaban J connectivity index is 3.91. The summed E-state index contributed by atoms with van der Waals surface area (Å²) in [6, 6.07) is 0. The van der Waals surface area contributed by atoms with Gasteiger partial charge in [0.05, 0.1) is 0 Å². The summed E-state index contributed by atoms with van der Waals surface area (Å²) in [6.45, 7) is 2.21. The van der Waals surface area contributed by atoms with Crippen LogP contribution in [0.2, 0.25) is 0 Å². The first-order valence-electron chi connectivity index (χ1n) is 10.4. The molecule has 29 heavy (non-hydrogen) atoms. The van der Waals surface area contributed by atoms with Crippen LogP contribution < -0.4 is 5.48 Å². The highest BCUT2D eigenvalue weighted by molar-refractivity contribution is 5.75. The summed E-state index contributed by atoms with van der Waals surface area (Å²) in [6.07, 6.45) is 7.57. The zero-order chi connectivity index (χ0) is 22.1. The lowest BCUT2D eigenvalue weighted by Crippen LogP contribution is -2.52. The predicted molar refractivity (Wildman–Crippen MR) is 107 cm³/mol. The molecular weight excluding hydrogens is 382 g/mol. The zero-order valence-corrected chi connectivity index (χ0v) is 17.2. The molecule has 0 aliphatic carbocycles. The number of allylic oxidation sites excluding steroid dienone is 1. The van der Waals surface area contributed by atoms with Gasteiger partial charge in [0.15, 0.2) is 6.10 Å². The normalized spacial score (nSPS) is 15.7. The standard InChI is InChI=1S/C20H37NO8/c1-2-3-4-5-6-7-8-9-10-11-12-13-14-21-29-18(20(27)28)16(23)15(22)17(24)19(25)26/h13-18,21-24H,2-12H2,1H3,(H,25,26)(H,27,28)/b14-13+/t15-,16-,17-,18+/m0/s1. The van der Waals surface area contributed by atoms with Crippen molar-refractivity contribution < 1.29 is 40.0 Å². The molecule has 0 aromatic heterocycles. The molecule has 0 rings (SSSR count). The van der Waals surface area contributed by atoms with E-state index in [0.717, 1.165) is 19.3 Å². The predicted octanol–water partition coefficient (Wildman–Crippen LogP) is 1.95. The summed E-state index contributed by atoms with van der Waals surface area (Å²) in [7, 11) is 0. The SMILES string of the molecule is CCCCCCCCCCCC/C=C/NO[C@@H](C(=O)O)[C@@H](O)[C@H](O)[C@H](O)C(=O)O. The van der Waals surface area contributed by atoms with E-state index in [9.17, 15) is 24.9 Å². The zero-order valence-electron chi connectivity index (χ0n) is 17.2. The number of carboxylic acids is 2. The molecule has 0 bridgehead atoms. The second kappa shape index (κ2) is 17.2. The molecule has 0 spiro atoms. The number of aliphatic carboxylic acids is 2. The van der Waals surface area contributed by atoms with Crippen molar-refractivity contribution in [2.24, 2.45) is 0 Å². The molecule has 0 saturated heterocycles. The van der Waals surface area contributed by atoms with Gasteiger partial charge in [0.25, 0.3) is 0 Å². The number of aliphatic hydroxyl groups excluding tert-OH is 3. The lowest BCUT2D eigenvalue weighted by Gasteiger charge is -2.24. The van der Waals surface area contributed by atoms with Gasteiger partial charge in [-0.2, -0.15) is 0 Å². The topological polar surface area (TPSA) is 157 Å². The van der Waals surface area contributed by atoms with Gasteiger partial charge in [-0.15, -0.1) is 0 Å². The monoisotopic (exact) mass is 419 g/mol. The van der Waals surface area contributed by atoms with E-state index < -0.39 is 36.4 Å². The lowest BCUT2D eigenvalue weighted by atomic mass is 10.0. The Morgan fingerprint density at radius 3 is 1.83 bits per heavy atom. The average molecular weight is 420 g/mol. The Kier molecular flexibility index (Phi) is 16.2. The summed E-state index contributed by atoms with van der Waals surface area (Å²) in [5, 5.41) is 46.1. The number of carboxylic acid groups (broad SMARTS) is 2. The number of hydroxylamine groups is 1. The maximum absolute atomic E-state index is 11.1. The van der Waals surface area contributed by atoms with Crippen LogP contribution in [0.25, 0.3) is 0 Å². The Bertz CT molecular complexity index is 471. The van der Waals surface area contributed by atoms with Crippen LogP contribution in [0.5, 0.6) is 0 Å². The average Bonchev–Trinajstić information content (AvgIpc) is 2.69. The van der Waals surface area contributed by atoms with Gasteiger partial charge in [-0.05, 0) is 12.8 Å². The van der Waals surface area contributed by atoms with Crippen molar-refractivity contribution in [1.29, 1.82) is 0 Å². The van der Waals surface area contributed by atoms with Crippen molar-refractivity contribution in [2.45, 2.75) is 102 Å². The van der Waals surface area contributed by atoms with Crippen molar-refractivity contribution in [2.75, 3.05) is 0 Å². The first kappa shape index (κ1) is 27.3. The third-order valence-electron chi connectivity index (χ3n) is 4.59. The largest absolute Gasteiger partial charge is 0.479 e. The molecule has 9 nitrogen and oxygen atoms in total. The Hall–Kier alpha value is -1.68. The van der Waals surface area contributed by atoms with Crippen molar-refractivity contribution in [3.8, 4) is 0 Å². The van der Waals surface area contributed by atoms with E-state index in [1.54, 1.807) is 6.08 Å². The highest BCUT2D eigenvalue weighted by atomic mass is 16.7. The van der Waals surface area contributed by atoms with Crippen LogP contribution in [0.4, 0.5) is 0 Å². The molecule has 0 radical (unpaired) electrons. The Labute approximate surface area is 172 Å². The van der Waals surface area contributed by atoms with Crippen LogP contribution >= 0.6 is 0 Å². The summed E-state index contributed by atoms with van der Waals surface area (Å²) in [5.41, 5.74) is 2.24. The minimum absolute atomic E-state index is 0.771. The third-order valence-corrected chi connectivity index (χ3v) is 4.59. The van der Waals surface area contributed by atoms with Crippen LogP contribution in [0, 0.1) is 0 Å². The fraction of sp³-hybridized carbons (Fsp3) is 0.800. The van der Waals surface area contributed by atoms with Crippen molar-refractivity contribution in [3.63, 3.8) is 0 Å². The summed E-state index contributed by atoms with van der Waals surface area (Å²) in [4.78, 5) is 26.5. The van der Waals surface area contributed by atoms with Gasteiger partial charge in [-0.25, -0.2) is 9.59 Å². The van der Waals surface area contributed by atoms with Crippen LogP contribution in [-0.4, -0.2) is 61.9 Å². The van der Waals surface area contributed by atoms with Gasteiger partial charge >= 0.3 is 11.9 Å². The number of hydrogen-bond donors (Lipinski definition) is 6. The van der Waals surface area contributed by atoms with E-state index in [-0.39, 0.29) is 0 Å². The van der Waals surface area contributed by atoms with Crippen LogP contribution in [0.15, 0.2) is 12.3 Å². The van der Waals surface area contributed by atoms with Gasteiger partial charge in [0.2, 0.25) is 6.10 Å².